The molecule has 8 nitrogen and oxygen atoms in total. The number of rotatable bonds is 5. The zero-order valence-corrected chi connectivity index (χ0v) is 17.8. The van der Waals surface area contributed by atoms with Gasteiger partial charge in [0.25, 0.3) is 10.2 Å². The van der Waals surface area contributed by atoms with Gasteiger partial charge >= 0.3 is 0 Å². The van der Waals surface area contributed by atoms with Gasteiger partial charge in [-0.25, -0.2) is 9.97 Å². The van der Waals surface area contributed by atoms with Crippen LogP contribution in [0, 0.1) is 0 Å². The van der Waals surface area contributed by atoms with Crippen LogP contribution in [0.25, 0.3) is 11.3 Å². The fourth-order valence-electron chi connectivity index (χ4n) is 3.79. The van der Waals surface area contributed by atoms with E-state index < -0.39 is 10.2 Å². The summed E-state index contributed by atoms with van der Waals surface area (Å²) in [5.74, 6) is 0.650. The first kappa shape index (κ1) is 20.1. The van der Waals surface area contributed by atoms with Gasteiger partial charge in [-0.3, -0.25) is 0 Å². The Morgan fingerprint density at radius 3 is 2.10 bits per heavy atom. The molecule has 2 fully saturated rings. The number of hydrogen-bond donors (Lipinski definition) is 0. The molecule has 0 atom stereocenters. The monoisotopic (exact) mass is 416 g/mol. The molecule has 0 N–H and O–H groups in total. The Labute approximate surface area is 173 Å². The maximum atomic E-state index is 12.7. The van der Waals surface area contributed by atoms with E-state index in [1.54, 1.807) is 14.8 Å². The van der Waals surface area contributed by atoms with E-state index in [9.17, 15) is 8.42 Å². The minimum absolute atomic E-state index is 0.462. The molecule has 1 aromatic carbocycles. The van der Waals surface area contributed by atoms with Gasteiger partial charge in [0.1, 0.15) is 0 Å². The maximum Gasteiger partial charge on any atom is 0.282 e. The van der Waals surface area contributed by atoms with Crippen molar-refractivity contribution >= 4 is 21.8 Å². The SMILES string of the molecule is CN(C)c1ccc(-c2ccnc(N3CCN(S(=O)(=O)N4CCCC4)CC3)n2)cc1. The zero-order chi connectivity index (χ0) is 20.4. The second kappa shape index (κ2) is 8.25. The molecule has 0 spiro atoms. The standard InChI is InChI=1S/C20H28N6O2S/c1-23(2)18-7-5-17(6-8-18)19-9-10-21-20(22-19)24-13-15-26(16-14-24)29(27,28)25-11-3-4-12-25/h5-10H,3-4,11-16H2,1-2H3. The van der Waals surface area contributed by atoms with E-state index in [0.717, 1.165) is 29.8 Å². The molecule has 2 aromatic rings. The molecule has 2 aliphatic rings. The third kappa shape index (κ3) is 4.22. The van der Waals surface area contributed by atoms with Crippen LogP contribution in [-0.2, 0) is 10.2 Å². The summed E-state index contributed by atoms with van der Waals surface area (Å²) in [5, 5.41) is 0. The van der Waals surface area contributed by atoms with Crippen molar-refractivity contribution in [3.05, 3.63) is 36.5 Å². The summed E-state index contributed by atoms with van der Waals surface area (Å²) in [5.41, 5.74) is 3.04. The van der Waals surface area contributed by atoms with Crippen LogP contribution in [0.4, 0.5) is 11.6 Å². The van der Waals surface area contributed by atoms with Crippen LogP contribution in [0.1, 0.15) is 12.8 Å². The molecule has 0 unspecified atom stereocenters. The number of aromatic nitrogens is 2. The number of hydrogen-bond acceptors (Lipinski definition) is 6. The van der Waals surface area contributed by atoms with E-state index in [4.69, 9.17) is 4.98 Å². The van der Waals surface area contributed by atoms with Crippen molar-refractivity contribution in [2.24, 2.45) is 0 Å². The topological polar surface area (TPSA) is 72.9 Å². The fraction of sp³-hybridized carbons (Fsp3) is 0.500. The smallest absolute Gasteiger partial charge is 0.282 e. The van der Waals surface area contributed by atoms with Crippen LogP contribution >= 0.6 is 0 Å². The lowest BCUT2D eigenvalue weighted by atomic mass is 10.1. The molecule has 0 aliphatic carbocycles. The highest BCUT2D eigenvalue weighted by Crippen LogP contribution is 2.23. The van der Waals surface area contributed by atoms with Crippen molar-refractivity contribution in [3.8, 4) is 11.3 Å². The maximum absolute atomic E-state index is 12.7. The Bertz CT molecular complexity index is 934. The fourth-order valence-corrected chi connectivity index (χ4v) is 5.46. The second-order valence-corrected chi connectivity index (χ2v) is 9.61. The molecule has 156 valence electrons. The zero-order valence-electron chi connectivity index (χ0n) is 17.0. The minimum atomic E-state index is -3.33. The van der Waals surface area contributed by atoms with Gasteiger partial charge in [-0.05, 0) is 31.0 Å². The van der Waals surface area contributed by atoms with Crippen LogP contribution in [0.15, 0.2) is 36.5 Å². The van der Waals surface area contributed by atoms with E-state index in [1.165, 1.54) is 0 Å². The largest absolute Gasteiger partial charge is 0.378 e. The first-order valence-electron chi connectivity index (χ1n) is 10.1. The van der Waals surface area contributed by atoms with E-state index in [0.29, 0.717) is 45.2 Å². The lowest BCUT2D eigenvalue weighted by Crippen LogP contribution is -2.52. The van der Waals surface area contributed by atoms with Gasteiger partial charge < -0.3 is 9.80 Å². The second-order valence-electron chi connectivity index (χ2n) is 7.68. The molecule has 29 heavy (non-hydrogen) atoms. The van der Waals surface area contributed by atoms with E-state index in [2.05, 4.69) is 39.0 Å². The number of benzene rings is 1. The lowest BCUT2D eigenvalue weighted by Gasteiger charge is -2.35. The van der Waals surface area contributed by atoms with Crippen LogP contribution < -0.4 is 9.80 Å². The van der Waals surface area contributed by atoms with Crippen molar-refractivity contribution in [1.82, 2.24) is 18.6 Å². The van der Waals surface area contributed by atoms with Gasteiger partial charge in [-0.1, -0.05) is 12.1 Å². The van der Waals surface area contributed by atoms with E-state index in [-0.39, 0.29) is 0 Å². The molecule has 0 saturated carbocycles. The Hall–Kier alpha value is -2.23. The molecular formula is C20H28N6O2S. The van der Waals surface area contributed by atoms with E-state index in [1.807, 2.05) is 20.2 Å². The highest BCUT2D eigenvalue weighted by atomic mass is 32.2. The van der Waals surface area contributed by atoms with Crippen LogP contribution in [0.5, 0.6) is 0 Å². The van der Waals surface area contributed by atoms with Crippen molar-refractivity contribution in [2.45, 2.75) is 12.8 Å². The highest BCUT2D eigenvalue weighted by Gasteiger charge is 2.34. The summed E-state index contributed by atoms with van der Waals surface area (Å²) in [6.07, 6.45) is 3.68. The molecule has 3 heterocycles. The number of nitrogens with zero attached hydrogens (tertiary/aromatic N) is 6. The van der Waals surface area contributed by atoms with Crippen molar-refractivity contribution in [1.29, 1.82) is 0 Å². The quantitative estimate of drug-likeness (QED) is 0.738. The Balaban J connectivity index is 1.44. The van der Waals surface area contributed by atoms with Gasteiger partial charge in [-0.2, -0.15) is 17.0 Å². The predicted octanol–water partition coefficient (Wildman–Crippen LogP) is 1.67. The van der Waals surface area contributed by atoms with Crippen LogP contribution in [-0.4, -0.2) is 80.4 Å². The summed E-state index contributed by atoms with van der Waals surface area (Å²) in [6.45, 7) is 3.39. The molecule has 2 aliphatic heterocycles. The Kier molecular flexibility index (Phi) is 5.71. The van der Waals surface area contributed by atoms with Crippen molar-refractivity contribution < 1.29 is 8.42 Å². The van der Waals surface area contributed by atoms with E-state index >= 15 is 0 Å². The van der Waals surface area contributed by atoms with Gasteiger partial charge in [0.2, 0.25) is 5.95 Å². The third-order valence-corrected chi connectivity index (χ3v) is 7.60. The first-order chi connectivity index (χ1) is 13.9. The van der Waals surface area contributed by atoms with Gasteiger partial charge in [0.05, 0.1) is 5.69 Å². The summed E-state index contributed by atoms with van der Waals surface area (Å²) < 4.78 is 28.7. The Morgan fingerprint density at radius 2 is 1.48 bits per heavy atom. The summed E-state index contributed by atoms with van der Waals surface area (Å²) >= 11 is 0. The van der Waals surface area contributed by atoms with Gasteiger partial charge in [-0.15, -0.1) is 0 Å². The number of piperazine rings is 1. The normalized spacial score (nSPS) is 18.9. The average molecular weight is 417 g/mol. The van der Waals surface area contributed by atoms with Gasteiger partial charge in [0, 0.05) is 70.8 Å². The molecule has 4 rings (SSSR count). The molecular weight excluding hydrogens is 388 g/mol. The van der Waals surface area contributed by atoms with Crippen LogP contribution in [0.3, 0.4) is 0 Å². The van der Waals surface area contributed by atoms with Crippen LogP contribution in [0.2, 0.25) is 0 Å². The molecule has 9 heteroatoms. The van der Waals surface area contributed by atoms with Gasteiger partial charge in [0.15, 0.2) is 0 Å². The van der Waals surface area contributed by atoms with Crippen molar-refractivity contribution in [3.63, 3.8) is 0 Å². The number of anilines is 2. The lowest BCUT2D eigenvalue weighted by molar-refractivity contribution is 0.342. The Morgan fingerprint density at radius 1 is 0.862 bits per heavy atom. The summed E-state index contributed by atoms with van der Waals surface area (Å²) in [7, 11) is 0.696. The molecule has 0 amide bonds. The molecule has 0 radical (unpaired) electrons. The third-order valence-electron chi connectivity index (χ3n) is 5.56. The average Bonchev–Trinajstić information content (AvgIpc) is 3.30. The van der Waals surface area contributed by atoms with Crippen molar-refractivity contribution in [2.75, 3.05) is 63.2 Å². The summed E-state index contributed by atoms with van der Waals surface area (Å²) in [4.78, 5) is 13.3. The summed E-state index contributed by atoms with van der Waals surface area (Å²) in [6, 6.07) is 10.2. The first-order valence-corrected chi connectivity index (χ1v) is 11.5. The minimum Gasteiger partial charge on any atom is -0.378 e. The predicted molar refractivity (Wildman–Crippen MR) is 115 cm³/mol. The molecule has 0 bridgehead atoms. The molecule has 2 saturated heterocycles. The molecule has 1 aromatic heterocycles. The highest BCUT2D eigenvalue weighted by molar-refractivity contribution is 7.86.